The van der Waals surface area contributed by atoms with Crippen molar-refractivity contribution >= 4 is 21.6 Å². The van der Waals surface area contributed by atoms with Crippen LogP contribution in [0.15, 0.2) is 36.4 Å². The molecule has 9 heteroatoms. The smallest absolute Gasteiger partial charge is 0.240 e. The molecule has 0 saturated carbocycles. The molecular weight excluding hydrogens is 408 g/mol. The predicted octanol–water partition coefficient (Wildman–Crippen LogP) is 2.28. The van der Waals surface area contributed by atoms with Gasteiger partial charge in [0.2, 0.25) is 15.9 Å². The molecule has 0 heterocycles. The van der Waals surface area contributed by atoms with Crippen LogP contribution in [0.5, 0.6) is 17.2 Å². The van der Waals surface area contributed by atoms with E-state index >= 15 is 0 Å². The van der Waals surface area contributed by atoms with Gasteiger partial charge in [0.25, 0.3) is 0 Å². The van der Waals surface area contributed by atoms with Crippen molar-refractivity contribution in [2.75, 3.05) is 44.5 Å². The van der Waals surface area contributed by atoms with E-state index in [1.54, 1.807) is 12.1 Å². The Kier molecular flexibility index (Phi) is 7.93. The van der Waals surface area contributed by atoms with Crippen LogP contribution < -0.4 is 23.8 Å². The Balaban J connectivity index is 2.03. The van der Waals surface area contributed by atoms with Crippen LogP contribution in [-0.2, 0) is 14.8 Å². The number of ether oxygens (including phenoxy) is 3. The number of nitrogens with one attached hydrogen (secondary N) is 1. The van der Waals surface area contributed by atoms with Crippen molar-refractivity contribution in [1.82, 2.24) is 5.32 Å². The Morgan fingerprint density at radius 2 is 1.67 bits per heavy atom. The third-order valence-electron chi connectivity index (χ3n) is 4.23. The third-order valence-corrected chi connectivity index (χ3v) is 5.36. The Labute approximate surface area is 177 Å². The highest BCUT2D eigenvalue weighted by atomic mass is 32.2. The molecule has 2 aromatic carbocycles. The second kappa shape index (κ2) is 10.2. The van der Waals surface area contributed by atoms with Gasteiger partial charge in [-0.3, -0.25) is 9.10 Å². The molecule has 0 fully saturated rings. The summed E-state index contributed by atoms with van der Waals surface area (Å²) in [7, 11) is -0.850. The Bertz CT molecular complexity index is 971. The predicted molar refractivity (Wildman–Crippen MR) is 116 cm³/mol. The lowest BCUT2D eigenvalue weighted by molar-refractivity contribution is -0.119. The summed E-state index contributed by atoms with van der Waals surface area (Å²) in [5, 5.41) is 2.68. The molecule has 8 nitrogen and oxygen atoms in total. The molecular formula is C21H28N2O6S. The van der Waals surface area contributed by atoms with Crippen molar-refractivity contribution in [2.45, 2.75) is 13.8 Å². The maximum atomic E-state index is 12.4. The molecule has 0 bridgehead atoms. The molecule has 164 valence electrons. The number of benzene rings is 2. The van der Waals surface area contributed by atoms with Crippen LogP contribution in [0.25, 0.3) is 0 Å². The number of amides is 1. The quantitative estimate of drug-likeness (QED) is 0.575. The van der Waals surface area contributed by atoms with Crippen LogP contribution in [0.3, 0.4) is 0 Å². The largest absolute Gasteiger partial charge is 0.497 e. The van der Waals surface area contributed by atoms with E-state index in [4.69, 9.17) is 14.2 Å². The highest BCUT2D eigenvalue weighted by molar-refractivity contribution is 7.92. The highest BCUT2D eigenvalue weighted by Gasteiger charge is 2.24. The zero-order valence-electron chi connectivity index (χ0n) is 17.9. The van der Waals surface area contributed by atoms with Gasteiger partial charge in [-0.2, -0.15) is 0 Å². The van der Waals surface area contributed by atoms with E-state index in [0.29, 0.717) is 11.5 Å². The molecule has 0 aliphatic carbocycles. The lowest BCUT2D eigenvalue weighted by Gasteiger charge is -2.24. The molecule has 2 aromatic rings. The summed E-state index contributed by atoms with van der Waals surface area (Å²) in [5.74, 6) is 1.02. The maximum Gasteiger partial charge on any atom is 0.240 e. The average Bonchev–Trinajstić information content (AvgIpc) is 2.67. The van der Waals surface area contributed by atoms with E-state index in [-0.39, 0.29) is 18.8 Å². The Hall–Kier alpha value is -2.94. The second-order valence-electron chi connectivity index (χ2n) is 6.83. The van der Waals surface area contributed by atoms with Crippen LogP contribution in [0.2, 0.25) is 0 Å². The van der Waals surface area contributed by atoms with Gasteiger partial charge in [-0.25, -0.2) is 8.42 Å². The van der Waals surface area contributed by atoms with E-state index in [2.05, 4.69) is 5.32 Å². The van der Waals surface area contributed by atoms with Crippen LogP contribution >= 0.6 is 0 Å². The first-order valence-electron chi connectivity index (χ1n) is 9.31. The van der Waals surface area contributed by atoms with Crippen LogP contribution in [0.4, 0.5) is 5.69 Å². The minimum Gasteiger partial charge on any atom is -0.497 e. The van der Waals surface area contributed by atoms with Gasteiger partial charge < -0.3 is 19.5 Å². The van der Waals surface area contributed by atoms with Gasteiger partial charge in [-0.05, 0) is 49.2 Å². The summed E-state index contributed by atoms with van der Waals surface area (Å²) < 4.78 is 41.7. The van der Waals surface area contributed by atoms with Crippen molar-refractivity contribution < 1.29 is 27.4 Å². The normalized spacial score (nSPS) is 11.0. The number of methoxy groups -OCH3 is 2. The number of sulfonamides is 1. The monoisotopic (exact) mass is 436 g/mol. The van der Waals surface area contributed by atoms with Gasteiger partial charge >= 0.3 is 0 Å². The Morgan fingerprint density at radius 3 is 2.23 bits per heavy atom. The number of rotatable bonds is 10. The molecule has 2 rings (SSSR count). The standard InChI is InChI=1S/C21H28N2O6S/c1-15-10-16(2)12-18(11-15)29-9-8-22-21(24)14-23(30(5,25)26)19-13-17(27-3)6-7-20(19)28-4/h6-7,10-13H,8-9,14H2,1-5H3,(H,22,24). The molecule has 0 aromatic heterocycles. The van der Waals surface area contributed by atoms with Gasteiger partial charge in [-0.15, -0.1) is 0 Å². The van der Waals surface area contributed by atoms with E-state index in [9.17, 15) is 13.2 Å². The Morgan fingerprint density at radius 1 is 1.00 bits per heavy atom. The summed E-state index contributed by atoms with van der Waals surface area (Å²) >= 11 is 0. The van der Waals surface area contributed by atoms with Gasteiger partial charge in [0, 0.05) is 6.07 Å². The van der Waals surface area contributed by atoms with Gasteiger partial charge in [0.05, 0.1) is 32.7 Å². The topological polar surface area (TPSA) is 94.2 Å². The second-order valence-corrected chi connectivity index (χ2v) is 8.74. The lowest BCUT2D eigenvalue weighted by Crippen LogP contribution is -2.41. The third kappa shape index (κ3) is 6.55. The minimum atomic E-state index is -3.75. The van der Waals surface area contributed by atoms with Gasteiger partial charge in [0.15, 0.2) is 0 Å². The molecule has 1 N–H and O–H groups in total. The minimum absolute atomic E-state index is 0.223. The maximum absolute atomic E-state index is 12.4. The molecule has 0 radical (unpaired) electrons. The van der Waals surface area contributed by atoms with Crippen molar-refractivity contribution in [1.29, 1.82) is 0 Å². The van der Waals surface area contributed by atoms with Crippen LogP contribution in [-0.4, -0.2) is 54.5 Å². The number of anilines is 1. The number of carbonyl (C=O) groups is 1. The van der Waals surface area contributed by atoms with Crippen molar-refractivity contribution in [3.8, 4) is 17.2 Å². The highest BCUT2D eigenvalue weighted by Crippen LogP contribution is 2.33. The SMILES string of the molecule is COc1ccc(OC)c(N(CC(=O)NCCOc2cc(C)cc(C)c2)S(C)(=O)=O)c1. The summed E-state index contributed by atoms with van der Waals surface area (Å²) in [5.41, 5.74) is 2.40. The number of hydrogen-bond donors (Lipinski definition) is 1. The van der Waals surface area contributed by atoms with Gasteiger partial charge in [-0.1, -0.05) is 6.07 Å². The number of aryl methyl sites for hydroxylation is 2. The van der Waals surface area contributed by atoms with Crippen molar-refractivity contribution in [2.24, 2.45) is 0 Å². The molecule has 0 aliphatic rings. The first-order valence-corrected chi connectivity index (χ1v) is 11.2. The summed E-state index contributed by atoms with van der Waals surface area (Å²) in [4.78, 5) is 12.4. The molecule has 0 spiro atoms. The van der Waals surface area contributed by atoms with E-state index in [1.165, 1.54) is 20.3 Å². The molecule has 0 unspecified atom stereocenters. The van der Waals surface area contributed by atoms with E-state index in [0.717, 1.165) is 27.4 Å². The number of hydrogen-bond acceptors (Lipinski definition) is 6. The van der Waals surface area contributed by atoms with Crippen molar-refractivity contribution in [3.63, 3.8) is 0 Å². The first kappa shape index (κ1) is 23.3. The van der Waals surface area contributed by atoms with Gasteiger partial charge in [0.1, 0.15) is 30.4 Å². The van der Waals surface area contributed by atoms with Crippen LogP contribution in [0.1, 0.15) is 11.1 Å². The van der Waals surface area contributed by atoms with Crippen molar-refractivity contribution in [3.05, 3.63) is 47.5 Å². The molecule has 0 saturated heterocycles. The zero-order valence-corrected chi connectivity index (χ0v) is 18.7. The van der Waals surface area contributed by atoms with Crippen LogP contribution in [0, 0.1) is 13.8 Å². The molecule has 0 aliphatic heterocycles. The molecule has 0 atom stereocenters. The number of nitrogens with zero attached hydrogens (tertiary/aromatic N) is 1. The molecule has 30 heavy (non-hydrogen) atoms. The van der Waals surface area contributed by atoms with E-state index < -0.39 is 22.5 Å². The fraction of sp³-hybridized carbons (Fsp3) is 0.381. The molecule has 1 amide bonds. The fourth-order valence-corrected chi connectivity index (χ4v) is 3.79. The van der Waals surface area contributed by atoms with E-state index in [1.807, 2.05) is 32.0 Å². The summed E-state index contributed by atoms with van der Waals surface area (Å²) in [6, 6.07) is 10.6. The average molecular weight is 437 g/mol. The summed E-state index contributed by atoms with van der Waals surface area (Å²) in [6.45, 7) is 4.06. The zero-order chi connectivity index (χ0) is 22.3. The number of carbonyl (C=O) groups excluding carboxylic acids is 1. The lowest BCUT2D eigenvalue weighted by atomic mass is 10.1. The summed E-state index contributed by atoms with van der Waals surface area (Å²) in [6.07, 6.45) is 1.03. The fourth-order valence-electron chi connectivity index (χ4n) is 2.93. The first-order chi connectivity index (χ1) is 14.1.